The molecule has 1 aliphatic rings. The zero-order valence-electron chi connectivity index (χ0n) is 13.0. The Labute approximate surface area is 135 Å². The molecular weight excluding hydrogens is 298 g/mol. The molecule has 1 fully saturated rings. The minimum atomic E-state index is -0.145. The SMILES string of the molecule is CC(=O)Nc1ccc(SC(C)C(=O)NCC2CCCN2)cc1. The van der Waals surface area contributed by atoms with E-state index in [4.69, 9.17) is 0 Å². The van der Waals surface area contributed by atoms with E-state index in [0.717, 1.165) is 23.5 Å². The van der Waals surface area contributed by atoms with Gasteiger partial charge in [0.2, 0.25) is 11.8 Å². The lowest BCUT2D eigenvalue weighted by molar-refractivity contribution is -0.120. The van der Waals surface area contributed by atoms with E-state index in [1.54, 1.807) is 0 Å². The van der Waals surface area contributed by atoms with E-state index in [9.17, 15) is 9.59 Å². The maximum Gasteiger partial charge on any atom is 0.233 e. The summed E-state index contributed by atoms with van der Waals surface area (Å²) in [5.41, 5.74) is 0.765. The van der Waals surface area contributed by atoms with Crippen molar-refractivity contribution in [2.75, 3.05) is 18.4 Å². The van der Waals surface area contributed by atoms with Crippen LogP contribution in [0.5, 0.6) is 0 Å². The molecule has 2 rings (SSSR count). The summed E-state index contributed by atoms with van der Waals surface area (Å²) in [6.45, 7) is 5.13. The summed E-state index contributed by atoms with van der Waals surface area (Å²) in [4.78, 5) is 24.1. The molecule has 2 atom stereocenters. The molecule has 1 aliphatic heterocycles. The minimum Gasteiger partial charge on any atom is -0.354 e. The Hall–Kier alpha value is -1.53. The van der Waals surface area contributed by atoms with Gasteiger partial charge in [-0.2, -0.15) is 0 Å². The molecule has 120 valence electrons. The molecule has 0 bridgehead atoms. The normalized spacial score (nSPS) is 18.7. The van der Waals surface area contributed by atoms with Gasteiger partial charge in [0.15, 0.2) is 0 Å². The van der Waals surface area contributed by atoms with Gasteiger partial charge >= 0.3 is 0 Å². The fourth-order valence-corrected chi connectivity index (χ4v) is 3.27. The van der Waals surface area contributed by atoms with Gasteiger partial charge in [0.1, 0.15) is 0 Å². The van der Waals surface area contributed by atoms with Gasteiger partial charge in [0.25, 0.3) is 0 Å². The van der Waals surface area contributed by atoms with Crippen molar-refractivity contribution < 1.29 is 9.59 Å². The largest absolute Gasteiger partial charge is 0.354 e. The number of hydrogen-bond donors (Lipinski definition) is 3. The van der Waals surface area contributed by atoms with E-state index in [-0.39, 0.29) is 17.1 Å². The van der Waals surface area contributed by atoms with Gasteiger partial charge < -0.3 is 16.0 Å². The van der Waals surface area contributed by atoms with Crippen molar-refractivity contribution >= 4 is 29.3 Å². The summed E-state index contributed by atoms with van der Waals surface area (Å²) < 4.78 is 0. The Kier molecular flexibility index (Phi) is 6.27. The number of nitrogens with one attached hydrogen (secondary N) is 3. The van der Waals surface area contributed by atoms with E-state index < -0.39 is 0 Å². The molecule has 1 aromatic carbocycles. The first-order valence-electron chi connectivity index (χ1n) is 7.60. The molecule has 6 heteroatoms. The predicted molar refractivity (Wildman–Crippen MR) is 90.1 cm³/mol. The highest BCUT2D eigenvalue weighted by Crippen LogP contribution is 2.24. The molecule has 1 aromatic rings. The van der Waals surface area contributed by atoms with E-state index in [0.29, 0.717) is 12.6 Å². The number of amides is 2. The van der Waals surface area contributed by atoms with Crippen molar-refractivity contribution in [2.24, 2.45) is 0 Å². The molecule has 0 aromatic heterocycles. The monoisotopic (exact) mass is 321 g/mol. The van der Waals surface area contributed by atoms with Crippen molar-refractivity contribution in [1.82, 2.24) is 10.6 Å². The lowest BCUT2D eigenvalue weighted by Gasteiger charge is -2.15. The van der Waals surface area contributed by atoms with Crippen LogP contribution in [0.3, 0.4) is 0 Å². The van der Waals surface area contributed by atoms with Crippen LogP contribution in [0.1, 0.15) is 26.7 Å². The lowest BCUT2D eigenvalue weighted by Crippen LogP contribution is -2.40. The van der Waals surface area contributed by atoms with Gasteiger partial charge in [-0.1, -0.05) is 0 Å². The maximum atomic E-state index is 12.1. The quantitative estimate of drug-likeness (QED) is 0.701. The highest BCUT2D eigenvalue weighted by molar-refractivity contribution is 8.00. The van der Waals surface area contributed by atoms with Crippen LogP contribution in [-0.2, 0) is 9.59 Å². The number of carbonyl (C=O) groups is 2. The van der Waals surface area contributed by atoms with E-state index in [1.807, 2.05) is 31.2 Å². The topological polar surface area (TPSA) is 70.2 Å². The second-order valence-corrected chi connectivity index (χ2v) is 6.92. The van der Waals surface area contributed by atoms with Crippen LogP contribution in [0.25, 0.3) is 0 Å². The molecule has 2 unspecified atom stereocenters. The van der Waals surface area contributed by atoms with E-state index in [1.165, 1.54) is 25.1 Å². The highest BCUT2D eigenvalue weighted by atomic mass is 32.2. The first kappa shape index (κ1) is 16.8. The molecule has 0 saturated carbocycles. The third kappa shape index (κ3) is 5.35. The number of carbonyl (C=O) groups excluding carboxylic acids is 2. The molecule has 1 heterocycles. The van der Waals surface area contributed by atoms with Crippen LogP contribution in [-0.4, -0.2) is 36.2 Å². The summed E-state index contributed by atoms with van der Waals surface area (Å²) in [5, 5.41) is 8.95. The predicted octanol–water partition coefficient (Wildman–Crippen LogP) is 1.99. The molecule has 22 heavy (non-hydrogen) atoms. The average Bonchev–Trinajstić information content (AvgIpc) is 2.99. The van der Waals surface area contributed by atoms with Crippen LogP contribution >= 0.6 is 11.8 Å². The van der Waals surface area contributed by atoms with Crippen molar-refractivity contribution in [2.45, 2.75) is 42.9 Å². The Balaban J connectivity index is 1.78. The lowest BCUT2D eigenvalue weighted by atomic mass is 10.2. The summed E-state index contributed by atoms with van der Waals surface area (Å²) >= 11 is 1.52. The van der Waals surface area contributed by atoms with Crippen molar-refractivity contribution in [3.05, 3.63) is 24.3 Å². The van der Waals surface area contributed by atoms with Crippen molar-refractivity contribution in [3.63, 3.8) is 0 Å². The second kappa shape index (κ2) is 8.19. The van der Waals surface area contributed by atoms with Crippen LogP contribution in [0.4, 0.5) is 5.69 Å². The number of hydrogen-bond acceptors (Lipinski definition) is 4. The fraction of sp³-hybridized carbons (Fsp3) is 0.500. The van der Waals surface area contributed by atoms with Crippen LogP contribution in [0, 0.1) is 0 Å². The minimum absolute atomic E-state index is 0.0598. The second-order valence-electron chi connectivity index (χ2n) is 5.50. The van der Waals surface area contributed by atoms with Gasteiger partial charge in [-0.25, -0.2) is 0 Å². The number of thioether (sulfide) groups is 1. The summed E-state index contributed by atoms with van der Waals surface area (Å²) in [5.74, 6) is -0.0293. The third-order valence-corrected chi connectivity index (χ3v) is 4.65. The molecule has 5 nitrogen and oxygen atoms in total. The maximum absolute atomic E-state index is 12.1. The Bertz CT molecular complexity index is 513. The zero-order chi connectivity index (χ0) is 15.9. The Morgan fingerprint density at radius 2 is 2.09 bits per heavy atom. The van der Waals surface area contributed by atoms with E-state index >= 15 is 0 Å². The van der Waals surface area contributed by atoms with Crippen LogP contribution < -0.4 is 16.0 Å². The Morgan fingerprint density at radius 1 is 1.36 bits per heavy atom. The third-order valence-electron chi connectivity index (χ3n) is 3.54. The first-order chi connectivity index (χ1) is 10.5. The van der Waals surface area contributed by atoms with Crippen LogP contribution in [0.2, 0.25) is 0 Å². The first-order valence-corrected chi connectivity index (χ1v) is 8.48. The Morgan fingerprint density at radius 3 is 2.68 bits per heavy atom. The smallest absolute Gasteiger partial charge is 0.233 e. The molecule has 0 radical (unpaired) electrons. The summed E-state index contributed by atoms with van der Waals surface area (Å²) in [6.07, 6.45) is 2.32. The van der Waals surface area contributed by atoms with E-state index in [2.05, 4.69) is 16.0 Å². The molecule has 3 N–H and O–H groups in total. The van der Waals surface area contributed by atoms with Gasteiger partial charge in [-0.3, -0.25) is 9.59 Å². The standard InChI is InChI=1S/C16H23N3O2S/c1-11(16(21)18-10-14-4-3-9-17-14)22-15-7-5-13(6-8-15)19-12(2)20/h5-8,11,14,17H,3-4,9-10H2,1-2H3,(H,18,21)(H,19,20). The molecule has 1 saturated heterocycles. The molecule has 0 spiro atoms. The van der Waals surface area contributed by atoms with Crippen LogP contribution in [0.15, 0.2) is 29.2 Å². The van der Waals surface area contributed by atoms with Gasteiger partial charge in [-0.05, 0) is 50.6 Å². The molecule has 2 amide bonds. The van der Waals surface area contributed by atoms with Gasteiger partial charge in [0.05, 0.1) is 5.25 Å². The molecular formula is C16H23N3O2S. The van der Waals surface area contributed by atoms with Gasteiger partial charge in [0, 0.05) is 30.1 Å². The average molecular weight is 321 g/mol. The van der Waals surface area contributed by atoms with Crippen molar-refractivity contribution in [3.8, 4) is 0 Å². The number of benzene rings is 1. The van der Waals surface area contributed by atoms with Gasteiger partial charge in [-0.15, -0.1) is 11.8 Å². The number of rotatable bonds is 6. The summed E-state index contributed by atoms with van der Waals surface area (Å²) in [6, 6.07) is 7.93. The number of anilines is 1. The zero-order valence-corrected chi connectivity index (χ0v) is 13.8. The highest BCUT2D eigenvalue weighted by Gasteiger charge is 2.18. The summed E-state index contributed by atoms with van der Waals surface area (Å²) in [7, 11) is 0. The fourth-order valence-electron chi connectivity index (χ4n) is 2.38. The molecule has 0 aliphatic carbocycles. The van der Waals surface area contributed by atoms with Crippen molar-refractivity contribution in [1.29, 1.82) is 0 Å².